The number of rotatable bonds is 6. The quantitative estimate of drug-likeness (QED) is 0.243. The molecule has 2 aromatic rings. The minimum Gasteiger partial charge on any atom is -0.506 e. The first kappa shape index (κ1) is 27.6. The number of pyridine rings is 2. The summed E-state index contributed by atoms with van der Waals surface area (Å²) < 4.78 is 62.4. The van der Waals surface area contributed by atoms with Gasteiger partial charge in [-0.15, -0.1) is 0 Å². The number of halogens is 3. The number of aliphatic hydroxyl groups is 3. The first-order valence-corrected chi connectivity index (χ1v) is 12.4. The first-order chi connectivity index (χ1) is 15.7. The zero-order chi connectivity index (χ0) is 26.8. The van der Waals surface area contributed by atoms with Crippen LogP contribution in [0.2, 0.25) is 0 Å². The van der Waals surface area contributed by atoms with Gasteiger partial charge < -0.3 is 34.5 Å². The highest BCUT2D eigenvalue weighted by Crippen LogP contribution is 2.56. The summed E-state index contributed by atoms with van der Waals surface area (Å²) in [5.41, 5.74) is -4.42. The van der Waals surface area contributed by atoms with Crippen LogP contribution in [-0.4, -0.2) is 47.2 Å². The van der Waals surface area contributed by atoms with E-state index in [4.69, 9.17) is 21.5 Å². The van der Waals surface area contributed by atoms with Crippen molar-refractivity contribution in [3.63, 3.8) is 0 Å². The summed E-state index contributed by atoms with van der Waals surface area (Å²) in [5, 5.41) is 29.6. The number of alkyl halides is 3. The molecule has 3 rings (SSSR count). The van der Waals surface area contributed by atoms with Gasteiger partial charge in [-0.1, -0.05) is 12.2 Å². The molecule has 2 aromatic heterocycles. The number of aromatic nitrogens is 2. The molecule has 0 saturated carbocycles. The van der Waals surface area contributed by atoms with E-state index in [1.54, 1.807) is 0 Å². The van der Waals surface area contributed by atoms with Gasteiger partial charge >= 0.3 is 13.8 Å². The lowest BCUT2D eigenvalue weighted by Gasteiger charge is -2.34. The van der Waals surface area contributed by atoms with Gasteiger partial charge in [-0.2, -0.15) is 13.2 Å². The Hall–Kier alpha value is -2.02. The predicted molar refractivity (Wildman–Crippen MR) is 122 cm³/mol. The molecule has 0 fully saturated rings. The van der Waals surface area contributed by atoms with E-state index in [0.717, 1.165) is 19.9 Å². The van der Waals surface area contributed by atoms with E-state index in [2.05, 4.69) is 9.97 Å². The molecule has 14 heteroatoms. The summed E-state index contributed by atoms with van der Waals surface area (Å²) in [4.78, 5) is 16.2. The standard InChI is InChI=1S/C21H26F3N2O7PS/c1-10(32-34(30,31)18(2,3)29)9-19(4)14(27)15(28)20(5,33-19)12-8-11-6-7-13(21(22,23)24)25-16(11)26-17(12)35/h6-8,10,27-29H,9H2,1-5H3,(H,30,31)(H,25,26,35). The number of aromatic amines is 1. The third kappa shape index (κ3) is 4.98. The van der Waals surface area contributed by atoms with Gasteiger partial charge in [0, 0.05) is 17.4 Å². The molecule has 1 aliphatic heterocycles. The minimum atomic E-state index is -4.65. The van der Waals surface area contributed by atoms with Gasteiger partial charge in [-0.25, -0.2) is 4.98 Å². The SMILES string of the molecule is CC(CC1(C)OC(C)(c2cc3ccc(C(F)(F)F)nc3[nH]c2=S)C(O)=C1O)OP(=O)(O)C(C)(C)O. The summed E-state index contributed by atoms with van der Waals surface area (Å²) in [6.07, 6.45) is -5.88. The van der Waals surface area contributed by atoms with Gasteiger partial charge in [-0.3, -0.25) is 4.57 Å². The van der Waals surface area contributed by atoms with Crippen molar-refractivity contribution < 1.29 is 47.2 Å². The molecule has 0 radical (unpaired) electrons. The Bertz CT molecular complexity index is 1310. The number of nitrogens with one attached hydrogen (secondary N) is 1. The summed E-state index contributed by atoms with van der Waals surface area (Å²) in [5.74, 6) is -1.17. The Labute approximate surface area is 203 Å². The minimum absolute atomic E-state index is 0.0818. The number of hydrogen-bond donors (Lipinski definition) is 5. The van der Waals surface area contributed by atoms with E-state index >= 15 is 0 Å². The van der Waals surface area contributed by atoms with Crippen LogP contribution < -0.4 is 0 Å². The third-order valence-electron chi connectivity index (χ3n) is 5.81. The van der Waals surface area contributed by atoms with E-state index in [1.165, 1.54) is 32.9 Å². The summed E-state index contributed by atoms with van der Waals surface area (Å²) in [6.45, 7) is 6.48. The molecule has 0 aromatic carbocycles. The molecule has 0 aliphatic carbocycles. The van der Waals surface area contributed by atoms with Crippen LogP contribution in [0.3, 0.4) is 0 Å². The maximum absolute atomic E-state index is 13.0. The Morgan fingerprint density at radius 2 is 1.86 bits per heavy atom. The zero-order valence-electron chi connectivity index (χ0n) is 19.5. The molecular weight excluding hydrogens is 512 g/mol. The maximum atomic E-state index is 13.0. The lowest BCUT2D eigenvalue weighted by Crippen LogP contribution is -2.37. The molecule has 4 atom stereocenters. The van der Waals surface area contributed by atoms with Crippen molar-refractivity contribution in [1.29, 1.82) is 0 Å². The average molecular weight is 538 g/mol. The molecule has 35 heavy (non-hydrogen) atoms. The third-order valence-corrected chi connectivity index (χ3v) is 8.16. The molecule has 1 aliphatic rings. The lowest BCUT2D eigenvalue weighted by atomic mass is 9.94. The second-order valence-electron chi connectivity index (χ2n) is 9.34. The topological polar surface area (TPSA) is 145 Å². The molecule has 0 spiro atoms. The van der Waals surface area contributed by atoms with Crippen LogP contribution >= 0.6 is 19.8 Å². The highest BCUT2D eigenvalue weighted by Gasteiger charge is 2.54. The van der Waals surface area contributed by atoms with E-state index < -0.39 is 53.6 Å². The lowest BCUT2D eigenvalue weighted by molar-refractivity contribution is -0.141. The van der Waals surface area contributed by atoms with Crippen molar-refractivity contribution in [2.45, 2.75) is 69.9 Å². The molecule has 0 bridgehead atoms. The number of fused-ring (bicyclic) bond motifs is 1. The molecular formula is C21H26F3N2O7PS. The Morgan fingerprint density at radius 1 is 1.26 bits per heavy atom. The predicted octanol–water partition coefficient (Wildman–Crippen LogP) is 5.35. The van der Waals surface area contributed by atoms with Crippen molar-refractivity contribution in [3.05, 3.63) is 45.6 Å². The van der Waals surface area contributed by atoms with Gasteiger partial charge in [0.25, 0.3) is 0 Å². The van der Waals surface area contributed by atoms with Crippen molar-refractivity contribution in [3.8, 4) is 0 Å². The number of ether oxygens (including phenoxy) is 1. The van der Waals surface area contributed by atoms with E-state index in [9.17, 15) is 37.9 Å². The monoisotopic (exact) mass is 538 g/mol. The van der Waals surface area contributed by atoms with Crippen LogP contribution in [0.25, 0.3) is 11.0 Å². The highest BCUT2D eigenvalue weighted by atomic mass is 32.1. The molecule has 194 valence electrons. The van der Waals surface area contributed by atoms with E-state index in [1.807, 2.05) is 0 Å². The van der Waals surface area contributed by atoms with E-state index in [-0.39, 0.29) is 27.7 Å². The second kappa shape index (κ2) is 8.53. The summed E-state index contributed by atoms with van der Waals surface area (Å²) >= 11 is 5.30. The number of aliphatic hydroxyl groups excluding tert-OH is 2. The van der Waals surface area contributed by atoms with Crippen LogP contribution in [0.5, 0.6) is 0 Å². The molecule has 5 N–H and O–H groups in total. The first-order valence-electron chi connectivity index (χ1n) is 10.4. The number of hydrogen-bond acceptors (Lipinski definition) is 8. The summed E-state index contributed by atoms with van der Waals surface area (Å²) in [6, 6.07) is 3.38. The van der Waals surface area contributed by atoms with Gasteiger partial charge in [0.15, 0.2) is 22.5 Å². The normalized spacial score (nSPS) is 26.2. The molecule has 3 heterocycles. The van der Waals surface area contributed by atoms with Crippen LogP contribution in [-0.2, 0) is 25.6 Å². The second-order valence-corrected chi connectivity index (χ2v) is 12.1. The van der Waals surface area contributed by atoms with Gasteiger partial charge in [0.2, 0.25) is 0 Å². The van der Waals surface area contributed by atoms with Crippen molar-refractivity contribution in [2.75, 3.05) is 0 Å². The zero-order valence-corrected chi connectivity index (χ0v) is 21.2. The largest absolute Gasteiger partial charge is 0.506 e. The van der Waals surface area contributed by atoms with Crippen LogP contribution in [0.1, 0.15) is 52.3 Å². The van der Waals surface area contributed by atoms with Crippen LogP contribution in [0, 0.1) is 4.64 Å². The fourth-order valence-electron chi connectivity index (χ4n) is 3.90. The molecule has 4 unspecified atom stereocenters. The summed E-state index contributed by atoms with van der Waals surface area (Å²) in [7, 11) is -4.46. The molecule has 0 saturated heterocycles. The Kier molecular flexibility index (Phi) is 6.72. The number of H-pyrrole nitrogens is 1. The fraction of sp³-hybridized carbons (Fsp3) is 0.524. The molecule has 0 amide bonds. The van der Waals surface area contributed by atoms with Crippen molar-refractivity contribution >= 4 is 30.8 Å². The Morgan fingerprint density at radius 3 is 2.40 bits per heavy atom. The van der Waals surface area contributed by atoms with Gasteiger partial charge in [-0.05, 0) is 52.8 Å². The van der Waals surface area contributed by atoms with Gasteiger partial charge in [0.1, 0.15) is 21.6 Å². The smallest absolute Gasteiger partial charge is 0.433 e. The van der Waals surface area contributed by atoms with E-state index in [0.29, 0.717) is 0 Å². The molecule has 9 nitrogen and oxygen atoms in total. The van der Waals surface area contributed by atoms with Crippen molar-refractivity contribution in [1.82, 2.24) is 9.97 Å². The maximum Gasteiger partial charge on any atom is 0.433 e. The number of nitrogens with zero attached hydrogens (tertiary/aromatic N) is 1. The highest BCUT2D eigenvalue weighted by molar-refractivity contribution is 7.71. The van der Waals surface area contributed by atoms with Gasteiger partial charge in [0.05, 0.1) is 6.10 Å². The fourth-order valence-corrected chi connectivity index (χ4v) is 5.07. The Balaban J connectivity index is 1.97. The van der Waals surface area contributed by atoms with Crippen LogP contribution in [0.4, 0.5) is 13.2 Å². The van der Waals surface area contributed by atoms with Crippen molar-refractivity contribution in [2.24, 2.45) is 0 Å². The average Bonchev–Trinajstić information content (AvgIpc) is 2.85. The van der Waals surface area contributed by atoms with Crippen LogP contribution in [0.15, 0.2) is 29.7 Å².